The summed E-state index contributed by atoms with van der Waals surface area (Å²) in [5.41, 5.74) is 6.79. The van der Waals surface area contributed by atoms with E-state index in [0.717, 1.165) is 10.6 Å². The van der Waals surface area contributed by atoms with Crippen LogP contribution in [0.15, 0.2) is 52.5 Å². The summed E-state index contributed by atoms with van der Waals surface area (Å²) < 4.78 is 13.5. The molecule has 0 fully saturated rings. The number of benzene rings is 1. The van der Waals surface area contributed by atoms with E-state index in [4.69, 9.17) is 5.73 Å². The van der Waals surface area contributed by atoms with Crippen molar-refractivity contribution in [1.29, 1.82) is 0 Å². The molecule has 17 heavy (non-hydrogen) atoms. The fraction of sp³-hybridized carbons (Fsp3) is 0.154. The van der Waals surface area contributed by atoms with E-state index in [2.05, 4.69) is 4.98 Å². The van der Waals surface area contributed by atoms with Crippen LogP contribution in [0.2, 0.25) is 0 Å². The first-order chi connectivity index (χ1) is 8.16. The van der Waals surface area contributed by atoms with Gasteiger partial charge in [-0.15, -0.1) is 0 Å². The monoisotopic (exact) mass is 248 g/mol. The molecule has 1 heterocycles. The Morgan fingerprint density at radius 1 is 1.29 bits per heavy atom. The predicted octanol–water partition coefficient (Wildman–Crippen LogP) is 3.39. The quantitative estimate of drug-likeness (QED) is 0.905. The van der Waals surface area contributed by atoms with Crippen molar-refractivity contribution in [2.75, 3.05) is 0 Å². The molecule has 2 aromatic rings. The average Bonchev–Trinajstić information content (AvgIpc) is 2.32. The third kappa shape index (κ3) is 3.05. The summed E-state index contributed by atoms with van der Waals surface area (Å²) in [6.45, 7) is 1.91. The third-order valence-electron chi connectivity index (χ3n) is 2.34. The van der Waals surface area contributed by atoms with Crippen LogP contribution in [0.5, 0.6) is 0 Å². The van der Waals surface area contributed by atoms with E-state index in [1.165, 1.54) is 17.8 Å². The van der Waals surface area contributed by atoms with Crippen molar-refractivity contribution in [2.24, 2.45) is 5.73 Å². The van der Waals surface area contributed by atoms with Crippen molar-refractivity contribution < 1.29 is 4.39 Å². The number of hydrogen-bond acceptors (Lipinski definition) is 3. The molecule has 0 bridgehead atoms. The van der Waals surface area contributed by atoms with Crippen molar-refractivity contribution in [3.05, 3.63) is 54.0 Å². The lowest BCUT2D eigenvalue weighted by atomic mass is 10.1. The number of aromatic nitrogens is 1. The number of halogens is 1. The maximum atomic E-state index is 13.5. The predicted molar refractivity (Wildman–Crippen MR) is 67.4 cm³/mol. The zero-order chi connectivity index (χ0) is 12.3. The molecule has 0 radical (unpaired) electrons. The van der Waals surface area contributed by atoms with E-state index in [1.807, 2.05) is 19.1 Å². The van der Waals surface area contributed by atoms with E-state index in [9.17, 15) is 4.39 Å². The second-order valence-corrected chi connectivity index (χ2v) is 4.81. The van der Waals surface area contributed by atoms with Crippen molar-refractivity contribution in [3.63, 3.8) is 0 Å². The molecular weight excluding hydrogens is 235 g/mol. The number of nitrogens with zero attached hydrogens (tertiary/aromatic N) is 1. The van der Waals surface area contributed by atoms with Gasteiger partial charge in [0, 0.05) is 17.1 Å². The van der Waals surface area contributed by atoms with Crippen LogP contribution < -0.4 is 5.73 Å². The molecule has 0 spiro atoms. The molecule has 0 amide bonds. The van der Waals surface area contributed by atoms with E-state index < -0.39 is 0 Å². The van der Waals surface area contributed by atoms with Gasteiger partial charge in [-0.3, -0.25) is 0 Å². The summed E-state index contributed by atoms with van der Waals surface area (Å²) in [5.74, 6) is -0.231. The zero-order valence-corrected chi connectivity index (χ0v) is 10.2. The minimum absolute atomic E-state index is 0.0435. The van der Waals surface area contributed by atoms with Crippen LogP contribution >= 0.6 is 11.8 Å². The van der Waals surface area contributed by atoms with Crippen molar-refractivity contribution in [2.45, 2.75) is 22.9 Å². The number of pyridine rings is 1. The third-order valence-corrected chi connectivity index (χ3v) is 3.32. The summed E-state index contributed by atoms with van der Waals surface area (Å²) in [6, 6.07) is 10.4. The standard InChI is InChI=1S/C13H13FN2S/c1-9(15)10-6-7-16-13(8-10)17-12-5-3-2-4-11(12)14/h2-9H,15H2,1H3/t9-/m0/s1. The lowest BCUT2D eigenvalue weighted by molar-refractivity contribution is 0.602. The summed E-state index contributed by atoms with van der Waals surface area (Å²) in [4.78, 5) is 4.77. The largest absolute Gasteiger partial charge is 0.324 e. The highest BCUT2D eigenvalue weighted by atomic mass is 32.2. The minimum Gasteiger partial charge on any atom is -0.324 e. The van der Waals surface area contributed by atoms with Gasteiger partial charge in [-0.1, -0.05) is 23.9 Å². The molecule has 2 nitrogen and oxygen atoms in total. The van der Waals surface area contributed by atoms with Gasteiger partial charge in [0.05, 0.1) is 0 Å². The molecular formula is C13H13FN2S. The van der Waals surface area contributed by atoms with E-state index in [1.54, 1.807) is 24.4 Å². The molecule has 2 N–H and O–H groups in total. The first-order valence-electron chi connectivity index (χ1n) is 5.31. The second-order valence-electron chi connectivity index (χ2n) is 3.75. The van der Waals surface area contributed by atoms with Crippen molar-refractivity contribution in [1.82, 2.24) is 4.98 Å². The number of nitrogens with two attached hydrogens (primary N) is 1. The normalized spacial score (nSPS) is 12.4. The van der Waals surface area contributed by atoms with E-state index in [0.29, 0.717) is 4.90 Å². The lowest BCUT2D eigenvalue weighted by Gasteiger charge is -2.07. The smallest absolute Gasteiger partial charge is 0.137 e. The first-order valence-corrected chi connectivity index (χ1v) is 6.12. The summed E-state index contributed by atoms with van der Waals surface area (Å²) in [5, 5.41) is 0.755. The first kappa shape index (κ1) is 12.1. The maximum Gasteiger partial charge on any atom is 0.137 e. The molecule has 1 aromatic carbocycles. The van der Waals surface area contributed by atoms with Gasteiger partial charge in [0.15, 0.2) is 0 Å². The van der Waals surface area contributed by atoms with Gasteiger partial charge in [0.1, 0.15) is 10.8 Å². The molecule has 88 valence electrons. The molecule has 0 aliphatic carbocycles. The number of rotatable bonds is 3. The van der Waals surface area contributed by atoms with Gasteiger partial charge in [0.2, 0.25) is 0 Å². The van der Waals surface area contributed by atoms with Gasteiger partial charge in [-0.2, -0.15) is 0 Å². The van der Waals surface area contributed by atoms with Crippen molar-refractivity contribution >= 4 is 11.8 Å². The number of hydrogen-bond donors (Lipinski definition) is 1. The fourth-order valence-corrected chi connectivity index (χ4v) is 2.25. The molecule has 0 aliphatic rings. The Labute approximate surface area is 104 Å². The fourth-order valence-electron chi connectivity index (χ4n) is 1.40. The molecule has 2 rings (SSSR count). The molecule has 1 aromatic heterocycles. The van der Waals surface area contributed by atoms with Crippen LogP contribution in [0.1, 0.15) is 18.5 Å². The topological polar surface area (TPSA) is 38.9 Å². The van der Waals surface area contributed by atoms with Crippen LogP contribution in [0.4, 0.5) is 4.39 Å². The van der Waals surface area contributed by atoms with Crippen LogP contribution in [0.3, 0.4) is 0 Å². The van der Waals surface area contributed by atoms with E-state index >= 15 is 0 Å². The molecule has 0 unspecified atom stereocenters. The Balaban J connectivity index is 2.25. The lowest BCUT2D eigenvalue weighted by Crippen LogP contribution is -2.04. The van der Waals surface area contributed by atoms with Crippen LogP contribution in [-0.4, -0.2) is 4.98 Å². The molecule has 0 saturated carbocycles. The van der Waals surface area contributed by atoms with Gasteiger partial charge >= 0.3 is 0 Å². The Hall–Kier alpha value is -1.39. The van der Waals surface area contributed by atoms with Crippen molar-refractivity contribution in [3.8, 4) is 0 Å². The zero-order valence-electron chi connectivity index (χ0n) is 9.43. The van der Waals surface area contributed by atoms with Crippen LogP contribution in [-0.2, 0) is 0 Å². The molecule has 0 aliphatic heterocycles. The van der Waals surface area contributed by atoms with Gasteiger partial charge < -0.3 is 5.73 Å². The van der Waals surface area contributed by atoms with Crippen LogP contribution in [0.25, 0.3) is 0 Å². The SMILES string of the molecule is C[C@H](N)c1ccnc(Sc2ccccc2F)c1. The maximum absolute atomic E-state index is 13.5. The average molecular weight is 248 g/mol. The highest BCUT2D eigenvalue weighted by Crippen LogP contribution is 2.29. The molecule has 0 saturated heterocycles. The summed E-state index contributed by atoms with van der Waals surface area (Å²) in [7, 11) is 0. The molecule has 1 atom stereocenters. The highest BCUT2D eigenvalue weighted by Gasteiger charge is 2.06. The minimum atomic E-state index is -0.231. The van der Waals surface area contributed by atoms with Gasteiger partial charge in [0.25, 0.3) is 0 Å². The molecule has 4 heteroatoms. The summed E-state index contributed by atoms with van der Waals surface area (Å²) >= 11 is 1.30. The highest BCUT2D eigenvalue weighted by molar-refractivity contribution is 7.99. The van der Waals surface area contributed by atoms with E-state index in [-0.39, 0.29) is 11.9 Å². The van der Waals surface area contributed by atoms with Crippen LogP contribution in [0, 0.1) is 5.82 Å². The van der Waals surface area contributed by atoms with Gasteiger partial charge in [-0.25, -0.2) is 9.37 Å². The second kappa shape index (κ2) is 5.29. The summed E-state index contributed by atoms with van der Waals surface area (Å²) in [6.07, 6.45) is 1.70. The van der Waals surface area contributed by atoms with Gasteiger partial charge in [-0.05, 0) is 36.8 Å². The Bertz CT molecular complexity index is 514. The Kier molecular flexibility index (Phi) is 3.76. The Morgan fingerprint density at radius 3 is 2.76 bits per heavy atom. The Morgan fingerprint density at radius 2 is 2.06 bits per heavy atom.